The summed E-state index contributed by atoms with van der Waals surface area (Å²) in [6.07, 6.45) is 0. The zero-order valence-corrected chi connectivity index (χ0v) is 16.4. The minimum Gasteiger partial charge on any atom is -0.307 e. The van der Waals surface area contributed by atoms with Crippen LogP contribution in [-0.4, -0.2) is 32.1 Å². The minimum absolute atomic E-state index is 0.335. The smallest absolute Gasteiger partial charge is 0.307 e. The summed E-state index contributed by atoms with van der Waals surface area (Å²) in [5.74, 6) is -0.223. The number of hydrogen-bond acceptors (Lipinski definition) is 5. The van der Waals surface area contributed by atoms with E-state index in [2.05, 4.69) is 26.0 Å². The molecule has 1 atom stereocenters. The number of carbonyl (C=O) groups is 2. The van der Waals surface area contributed by atoms with Crippen LogP contribution in [0.15, 0.2) is 42.5 Å². The van der Waals surface area contributed by atoms with Gasteiger partial charge in [0.25, 0.3) is 5.91 Å². The summed E-state index contributed by atoms with van der Waals surface area (Å²) in [5.41, 5.74) is 3.30. The van der Waals surface area contributed by atoms with Gasteiger partial charge < -0.3 is 5.32 Å². The average Bonchev–Trinajstić information content (AvgIpc) is 3.13. The molecule has 2 N–H and O–H groups in total. The molecule has 0 saturated heterocycles. The Labute approximate surface area is 166 Å². The van der Waals surface area contributed by atoms with Crippen LogP contribution >= 0.6 is 11.6 Å². The molecule has 9 heteroatoms. The first-order chi connectivity index (χ1) is 13.3. The first-order valence-electron chi connectivity index (χ1n) is 8.58. The van der Waals surface area contributed by atoms with Crippen LogP contribution in [0.5, 0.6) is 0 Å². The monoisotopic (exact) mass is 398 g/mol. The van der Waals surface area contributed by atoms with Crippen molar-refractivity contribution in [2.75, 3.05) is 5.32 Å². The van der Waals surface area contributed by atoms with Crippen LogP contribution < -0.4 is 10.6 Å². The highest BCUT2D eigenvalue weighted by atomic mass is 35.5. The van der Waals surface area contributed by atoms with Crippen molar-refractivity contribution >= 4 is 29.2 Å². The number of aromatic nitrogens is 4. The summed E-state index contributed by atoms with van der Waals surface area (Å²) < 4.78 is 0. The first kappa shape index (κ1) is 19.5. The number of anilines is 1. The fourth-order valence-electron chi connectivity index (χ4n) is 2.56. The molecule has 0 radical (unpaired) electrons. The number of nitrogens with zero attached hydrogens (tertiary/aromatic N) is 4. The van der Waals surface area contributed by atoms with Gasteiger partial charge in [0, 0.05) is 16.3 Å². The summed E-state index contributed by atoms with van der Waals surface area (Å²) in [7, 11) is 0. The molecule has 0 saturated carbocycles. The third-order valence-corrected chi connectivity index (χ3v) is 4.34. The zero-order valence-electron chi connectivity index (χ0n) is 15.6. The van der Waals surface area contributed by atoms with Crippen molar-refractivity contribution in [3.63, 3.8) is 0 Å². The quantitative estimate of drug-likeness (QED) is 0.700. The fourth-order valence-corrected chi connectivity index (χ4v) is 2.75. The van der Waals surface area contributed by atoms with Gasteiger partial charge in [0.15, 0.2) is 0 Å². The standard InChI is InChI=1S/C19H19ClN6O2/c1-11-7-8-16(12(2)9-11)21-19(28)22-18(27)13(3)26-24-17(23-25-26)14-5-4-6-15(20)10-14/h4-10,13H,1-3H3,(H2,21,22,27,28). The zero-order chi connectivity index (χ0) is 20.3. The largest absolute Gasteiger partial charge is 0.325 e. The van der Waals surface area contributed by atoms with Gasteiger partial charge in [-0.15, -0.1) is 10.2 Å². The maximum Gasteiger partial charge on any atom is 0.325 e. The van der Waals surface area contributed by atoms with Crippen LogP contribution in [0.1, 0.15) is 24.1 Å². The number of nitrogens with one attached hydrogen (secondary N) is 2. The van der Waals surface area contributed by atoms with Crippen LogP contribution in [0.4, 0.5) is 10.5 Å². The maximum absolute atomic E-state index is 12.4. The second kappa shape index (κ2) is 8.18. The number of amides is 3. The van der Waals surface area contributed by atoms with E-state index in [1.807, 2.05) is 26.0 Å². The van der Waals surface area contributed by atoms with E-state index in [0.717, 1.165) is 15.9 Å². The van der Waals surface area contributed by atoms with Gasteiger partial charge in [0.2, 0.25) is 5.82 Å². The van der Waals surface area contributed by atoms with Crippen molar-refractivity contribution in [3.8, 4) is 11.4 Å². The van der Waals surface area contributed by atoms with E-state index in [0.29, 0.717) is 22.1 Å². The number of tetrazole rings is 1. The molecule has 1 heterocycles. The molecule has 8 nitrogen and oxygen atoms in total. The molecular formula is C19H19ClN6O2. The van der Waals surface area contributed by atoms with Gasteiger partial charge in [0.05, 0.1) is 0 Å². The van der Waals surface area contributed by atoms with Gasteiger partial charge in [-0.2, -0.15) is 4.80 Å². The molecule has 0 bridgehead atoms. The van der Waals surface area contributed by atoms with E-state index >= 15 is 0 Å². The molecule has 0 aliphatic carbocycles. The number of halogens is 1. The molecule has 0 spiro atoms. The highest BCUT2D eigenvalue weighted by Gasteiger charge is 2.21. The lowest BCUT2D eigenvalue weighted by Gasteiger charge is -2.12. The number of imide groups is 1. The Kier molecular flexibility index (Phi) is 5.70. The van der Waals surface area contributed by atoms with Crippen LogP contribution in [0.2, 0.25) is 5.02 Å². The molecule has 3 amide bonds. The summed E-state index contributed by atoms with van der Waals surface area (Å²) in [4.78, 5) is 25.6. The number of carbonyl (C=O) groups excluding carboxylic acids is 2. The van der Waals surface area contributed by atoms with Gasteiger partial charge in [0.1, 0.15) is 6.04 Å². The third kappa shape index (κ3) is 4.52. The SMILES string of the molecule is Cc1ccc(NC(=O)NC(=O)C(C)n2nnc(-c3cccc(Cl)c3)n2)c(C)c1. The van der Waals surface area contributed by atoms with Crippen LogP contribution in [0, 0.1) is 13.8 Å². The van der Waals surface area contributed by atoms with E-state index in [1.165, 1.54) is 0 Å². The molecule has 1 aromatic heterocycles. The first-order valence-corrected chi connectivity index (χ1v) is 8.96. The Bertz CT molecular complexity index is 1030. The maximum atomic E-state index is 12.4. The van der Waals surface area contributed by atoms with Crippen LogP contribution in [0.25, 0.3) is 11.4 Å². The molecule has 144 valence electrons. The lowest BCUT2D eigenvalue weighted by Crippen LogP contribution is -2.39. The lowest BCUT2D eigenvalue weighted by molar-refractivity contribution is -0.123. The van der Waals surface area contributed by atoms with Crippen LogP contribution in [-0.2, 0) is 4.79 Å². The number of aryl methyl sites for hydroxylation is 2. The van der Waals surface area contributed by atoms with E-state index < -0.39 is 18.0 Å². The second-order valence-electron chi connectivity index (χ2n) is 6.38. The van der Waals surface area contributed by atoms with E-state index in [1.54, 1.807) is 37.3 Å². The Balaban J connectivity index is 1.65. The summed E-state index contributed by atoms with van der Waals surface area (Å²) >= 11 is 5.97. The molecule has 3 aromatic rings. The molecule has 3 rings (SSSR count). The van der Waals surface area contributed by atoms with Crippen molar-refractivity contribution in [2.45, 2.75) is 26.8 Å². The van der Waals surface area contributed by atoms with Crippen molar-refractivity contribution in [3.05, 3.63) is 58.6 Å². The predicted molar refractivity (Wildman–Crippen MR) is 106 cm³/mol. The van der Waals surface area contributed by atoms with E-state index in [9.17, 15) is 9.59 Å². The van der Waals surface area contributed by atoms with Gasteiger partial charge in [-0.05, 0) is 49.7 Å². The van der Waals surface area contributed by atoms with Crippen molar-refractivity contribution in [1.82, 2.24) is 25.5 Å². The Morgan fingerprint density at radius 3 is 2.64 bits per heavy atom. The number of urea groups is 1. The van der Waals surface area contributed by atoms with Crippen LogP contribution in [0.3, 0.4) is 0 Å². The van der Waals surface area contributed by atoms with Crippen molar-refractivity contribution in [1.29, 1.82) is 0 Å². The second-order valence-corrected chi connectivity index (χ2v) is 6.82. The summed E-state index contributed by atoms with van der Waals surface area (Å²) in [6, 6.07) is 11.1. The van der Waals surface area contributed by atoms with Gasteiger partial charge in [-0.3, -0.25) is 10.1 Å². The van der Waals surface area contributed by atoms with Gasteiger partial charge in [-0.25, -0.2) is 4.79 Å². The molecule has 1 unspecified atom stereocenters. The van der Waals surface area contributed by atoms with Gasteiger partial charge >= 0.3 is 6.03 Å². The molecule has 28 heavy (non-hydrogen) atoms. The highest BCUT2D eigenvalue weighted by Crippen LogP contribution is 2.19. The number of rotatable bonds is 4. The van der Waals surface area contributed by atoms with Crippen molar-refractivity contribution in [2.24, 2.45) is 0 Å². The van der Waals surface area contributed by atoms with E-state index in [-0.39, 0.29) is 0 Å². The third-order valence-electron chi connectivity index (χ3n) is 4.10. The number of hydrogen-bond donors (Lipinski definition) is 2. The molecule has 2 aromatic carbocycles. The predicted octanol–water partition coefficient (Wildman–Crippen LogP) is 3.52. The summed E-state index contributed by atoms with van der Waals surface area (Å²) in [5, 5.41) is 17.5. The lowest BCUT2D eigenvalue weighted by atomic mass is 10.1. The Hall–Kier alpha value is -3.26. The molecule has 0 aliphatic heterocycles. The summed E-state index contributed by atoms with van der Waals surface area (Å²) in [6.45, 7) is 5.41. The Morgan fingerprint density at radius 2 is 1.93 bits per heavy atom. The fraction of sp³-hybridized carbons (Fsp3) is 0.211. The topological polar surface area (TPSA) is 102 Å². The molecule has 0 fully saturated rings. The Morgan fingerprint density at radius 1 is 1.14 bits per heavy atom. The normalized spacial score (nSPS) is 11.7. The highest BCUT2D eigenvalue weighted by molar-refractivity contribution is 6.30. The van der Waals surface area contributed by atoms with Crippen molar-refractivity contribution < 1.29 is 9.59 Å². The number of benzene rings is 2. The molecule has 0 aliphatic rings. The molecular weight excluding hydrogens is 380 g/mol. The van der Waals surface area contributed by atoms with Gasteiger partial charge in [-0.1, -0.05) is 41.4 Å². The average molecular weight is 399 g/mol. The van der Waals surface area contributed by atoms with E-state index in [4.69, 9.17) is 11.6 Å². The minimum atomic E-state index is -0.828.